The molecule has 5 rings (SSSR count). The summed E-state index contributed by atoms with van der Waals surface area (Å²) in [4.78, 5) is 4.94. The first-order valence-electron chi connectivity index (χ1n) is 12.7. The van der Waals surface area contributed by atoms with Gasteiger partial charge in [-0.15, -0.1) is 0 Å². The van der Waals surface area contributed by atoms with E-state index >= 15 is 0 Å². The molecule has 2 N–H and O–H groups in total. The molecular formula is C30H32N4O3S. The molecule has 0 saturated heterocycles. The number of benzene rings is 3. The van der Waals surface area contributed by atoms with Crippen LogP contribution < -0.4 is 14.9 Å². The number of rotatable bonds is 8. The highest BCUT2D eigenvalue weighted by Gasteiger charge is 2.28. The number of hydrogen-bond donors (Lipinski definition) is 2. The van der Waals surface area contributed by atoms with E-state index in [-0.39, 0.29) is 10.9 Å². The van der Waals surface area contributed by atoms with Gasteiger partial charge in [-0.1, -0.05) is 55.5 Å². The average molecular weight is 529 g/mol. The third-order valence-corrected chi connectivity index (χ3v) is 8.33. The molecule has 1 aliphatic heterocycles. The quantitative estimate of drug-likeness (QED) is 0.319. The van der Waals surface area contributed by atoms with Crippen molar-refractivity contribution in [1.29, 1.82) is 0 Å². The van der Waals surface area contributed by atoms with E-state index in [2.05, 4.69) is 29.2 Å². The third-order valence-electron chi connectivity index (χ3n) is 6.91. The lowest BCUT2D eigenvalue weighted by atomic mass is 10.1. The predicted octanol–water partition coefficient (Wildman–Crippen LogP) is 5.39. The van der Waals surface area contributed by atoms with Gasteiger partial charge >= 0.3 is 0 Å². The van der Waals surface area contributed by atoms with Crippen molar-refractivity contribution in [2.45, 2.75) is 44.7 Å². The van der Waals surface area contributed by atoms with Crippen molar-refractivity contribution in [1.82, 2.24) is 20.1 Å². The van der Waals surface area contributed by atoms with E-state index in [1.54, 1.807) is 12.1 Å². The van der Waals surface area contributed by atoms with Crippen molar-refractivity contribution in [2.24, 2.45) is 0 Å². The molecule has 8 heteroatoms. The summed E-state index contributed by atoms with van der Waals surface area (Å²) in [5.74, 6) is 0.709. The third kappa shape index (κ3) is 5.10. The second kappa shape index (κ2) is 10.5. The van der Waals surface area contributed by atoms with Gasteiger partial charge in [-0.05, 0) is 56.2 Å². The minimum Gasteiger partial charge on any atom is -0.489 e. The fourth-order valence-corrected chi connectivity index (χ4v) is 6.21. The van der Waals surface area contributed by atoms with Gasteiger partial charge in [0, 0.05) is 35.0 Å². The summed E-state index contributed by atoms with van der Waals surface area (Å²) in [7, 11) is -1.94. The molecule has 4 aromatic rings. The molecule has 3 aromatic carbocycles. The van der Waals surface area contributed by atoms with E-state index in [9.17, 15) is 8.42 Å². The van der Waals surface area contributed by atoms with Crippen LogP contribution in [0.2, 0.25) is 0 Å². The van der Waals surface area contributed by atoms with E-state index in [1.807, 2.05) is 80.5 Å². The Morgan fingerprint density at radius 2 is 1.74 bits per heavy atom. The van der Waals surface area contributed by atoms with Gasteiger partial charge in [0.15, 0.2) is 0 Å². The van der Waals surface area contributed by atoms with Gasteiger partial charge in [0.2, 0.25) is 0 Å². The van der Waals surface area contributed by atoms with E-state index in [0.29, 0.717) is 23.6 Å². The normalized spacial score (nSPS) is 15.8. The summed E-state index contributed by atoms with van der Waals surface area (Å²) in [6, 6.07) is 24.6. The molecular weight excluding hydrogens is 496 g/mol. The van der Waals surface area contributed by atoms with Crippen LogP contribution in [0.1, 0.15) is 32.0 Å². The van der Waals surface area contributed by atoms with E-state index in [4.69, 9.17) is 9.72 Å². The van der Waals surface area contributed by atoms with Crippen molar-refractivity contribution < 1.29 is 13.2 Å². The molecule has 0 spiro atoms. The van der Waals surface area contributed by atoms with E-state index < -0.39 is 10.0 Å². The number of nitrogens with zero attached hydrogens (tertiary/aromatic N) is 2. The Morgan fingerprint density at radius 1 is 1.03 bits per heavy atom. The van der Waals surface area contributed by atoms with Gasteiger partial charge in [0.1, 0.15) is 12.4 Å². The van der Waals surface area contributed by atoms with Gasteiger partial charge in [-0.3, -0.25) is 9.71 Å². The molecule has 1 atom stereocenters. The molecule has 196 valence electrons. The number of allylic oxidation sites excluding steroid dienone is 1. The standard InChI is InChI=1S/C30H32N4O3S/c1-5-24-18-23(26-10-6-8-12-28(26)31-24)19-37-25-16-14-22(15-17-25)27-11-7-9-13-29(27)38(35,36)33-30-20(2)32-34(4)21(30)3/h6-18,20,32-33H,5,19H2,1-4H3. The lowest BCUT2D eigenvalue weighted by molar-refractivity contribution is 0.307. The van der Waals surface area contributed by atoms with Crippen molar-refractivity contribution in [3.05, 3.63) is 102 Å². The highest BCUT2D eigenvalue weighted by atomic mass is 32.2. The largest absolute Gasteiger partial charge is 0.489 e. The van der Waals surface area contributed by atoms with Crippen molar-refractivity contribution in [3.63, 3.8) is 0 Å². The number of hydrogen-bond acceptors (Lipinski definition) is 6. The zero-order valence-electron chi connectivity index (χ0n) is 22.0. The zero-order chi connectivity index (χ0) is 26.9. The summed E-state index contributed by atoms with van der Waals surface area (Å²) >= 11 is 0. The lowest BCUT2D eigenvalue weighted by Crippen LogP contribution is -2.35. The number of nitrogens with one attached hydrogen (secondary N) is 2. The van der Waals surface area contributed by atoms with Crippen molar-refractivity contribution >= 4 is 20.9 Å². The molecule has 0 radical (unpaired) electrons. The van der Waals surface area contributed by atoms with Crippen LogP contribution in [0.3, 0.4) is 0 Å². The summed E-state index contributed by atoms with van der Waals surface area (Å²) < 4.78 is 35.8. The fourth-order valence-electron chi connectivity index (χ4n) is 4.75. The molecule has 1 unspecified atom stereocenters. The zero-order valence-corrected chi connectivity index (χ0v) is 22.8. The van der Waals surface area contributed by atoms with Gasteiger partial charge in [0.05, 0.1) is 22.2 Å². The van der Waals surface area contributed by atoms with Crippen LogP contribution in [0.5, 0.6) is 5.75 Å². The Labute approximate surface area is 224 Å². The van der Waals surface area contributed by atoms with Gasteiger partial charge in [-0.25, -0.2) is 13.8 Å². The van der Waals surface area contributed by atoms with Crippen molar-refractivity contribution in [3.8, 4) is 16.9 Å². The summed E-state index contributed by atoms with van der Waals surface area (Å²) in [6.45, 7) is 6.32. The molecule has 1 aromatic heterocycles. The van der Waals surface area contributed by atoms with E-state index in [0.717, 1.165) is 39.8 Å². The predicted molar refractivity (Wildman–Crippen MR) is 151 cm³/mol. The first-order valence-corrected chi connectivity index (χ1v) is 14.2. The first kappa shape index (κ1) is 25.8. The average Bonchev–Trinajstić information content (AvgIpc) is 3.17. The lowest BCUT2D eigenvalue weighted by Gasteiger charge is -2.16. The topological polar surface area (TPSA) is 83.6 Å². The van der Waals surface area contributed by atoms with Crippen LogP contribution in [0.15, 0.2) is 95.2 Å². The van der Waals surface area contributed by atoms with Gasteiger partial charge in [-0.2, -0.15) is 0 Å². The number of aryl methyl sites for hydroxylation is 1. The van der Waals surface area contributed by atoms with Crippen LogP contribution in [0.4, 0.5) is 0 Å². The number of para-hydroxylation sites is 1. The van der Waals surface area contributed by atoms with Crippen LogP contribution in [0, 0.1) is 0 Å². The molecule has 7 nitrogen and oxygen atoms in total. The highest BCUT2D eigenvalue weighted by Crippen LogP contribution is 2.30. The molecule has 0 aliphatic carbocycles. The monoisotopic (exact) mass is 528 g/mol. The SMILES string of the molecule is CCc1cc(COc2ccc(-c3ccccc3S(=O)(=O)NC3=C(C)N(C)NC3C)cc2)c2ccccc2n1. The van der Waals surface area contributed by atoms with Crippen LogP contribution in [0.25, 0.3) is 22.0 Å². The Hall–Kier alpha value is -3.88. The maximum atomic E-state index is 13.4. The molecule has 2 heterocycles. The highest BCUT2D eigenvalue weighted by molar-refractivity contribution is 7.89. The smallest absolute Gasteiger partial charge is 0.262 e. The molecule has 1 aliphatic rings. The second-order valence-corrected chi connectivity index (χ2v) is 11.1. The molecule has 0 fully saturated rings. The number of pyridine rings is 1. The van der Waals surface area contributed by atoms with E-state index in [1.165, 1.54) is 0 Å². The number of aromatic nitrogens is 1. The Balaban J connectivity index is 1.38. The van der Waals surface area contributed by atoms with Gasteiger partial charge in [0.25, 0.3) is 10.0 Å². The Morgan fingerprint density at radius 3 is 2.45 bits per heavy atom. The molecule has 38 heavy (non-hydrogen) atoms. The number of hydrazine groups is 1. The fraction of sp³-hybridized carbons (Fsp3) is 0.233. The maximum Gasteiger partial charge on any atom is 0.262 e. The molecule has 0 bridgehead atoms. The minimum absolute atomic E-state index is 0.135. The maximum absolute atomic E-state index is 13.4. The number of sulfonamides is 1. The Kier molecular flexibility index (Phi) is 7.10. The van der Waals surface area contributed by atoms with Crippen LogP contribution in [-0.2, 0) is 23.1 Å². The second-order valence-electron chi connectivity index (χ2n) is 9.47. The van der Waals surface area contributed by atoms with Gasteiger partial charge < -0.3 is 9.75 Å². The van der Waals surface area contributed by atoms with Crippen molar-refractivity contribution in [2.75, 3.05) is 7.05 Å². The minimum atomic E-state index is -3.81. The van der Waals surface area contributed by atoms with Crippen LogP contribution >= 0.6 is 0 Å². The summed E-state index contributed by atoms with van der Waals surface area (Å²) in [5, 5.41) is 2.90. The van der Waals surface area contributed by atoms with Crippen LogP contribution in [-0.4, -0.2) is 31.5 Å². The first-order chi connectivity index (χ1) is 18.3. The Bertz CT molecular complexity index is 1610. The molecule has 0 amide bonds. The summed E-state index contributed by atoms with van der Waals surface area (Å²) in [5.41, 5.74) is 9.19. The number of fused-ring (bicyclic) bond motifs is 1. The summed E-state index contributed by atoms with van der Waals surface area (Å²) in [6.07, 6.45) is 0.854. The molecule has 0 saturated carbocycles. The number of ether oxygens (including phenoxy) is 1.